The van der Waals surface area contributed by atoms with Crippen molar-refractivity contribution >= 4 is 11.8 Å². The molecule has 1 rings (SSSR count). The van der Waals surface area contributed by atoms with E-state index in [0.717, 1.165) is 19.4 Å². The molecule has 0 saturated carbocycles. The van der Waals surface area contributed by atoms with Crippen LogP contribution in [0, 0.1) is 0 Å². The van der Waals surface area contributed by atoms with Gasteiger partial charge >= 0.3 is 0 Å². The number of nitrogens with one attached hydrogen (secondary N) is 2. The van der Waals surface area contributed by atoms with E-state index in [1.54, 1.807) is 13.2 Å². The Morgan fingerprint density at radius 1 is 1.17 bits per heavy atom. The average Bonchev–Trinajstić information content (AvgIpc) is 2.55. The Morgan fingerprint density at radius 2 is 1.87 bits per heavy atom. The van der Waals surface area contributed by atoms with Gasteiger partial charge in [-0.15, -0.1) is 0 Å². The third-order valence-corrected chi connectivity index (χ3v) is 3.13. The normalized spacial score (nSPS) is 10.6. The molecule has 0 aliphatic rings. The molecule has 0 unspecified atom stereocenters. The van der Waals surface area contributed by atoms with Crippen molar-refractivity contribution in [3.05, 3.63) is 29.6 Å². The molecule has 0 atom stereocenters. The lowest BCUT2D eigenvalue weighted by atomic mass is 10.2. The van der Waals surface area contributed by atoms with Crippen molar-refractivity contribution in [2.45, 2.75) is 12.8 Å². The first-order valence-corrected chi connectivity index (χ1v) is 7.70. The van der Waals surface area contributed by atoms with Crippen molar-refractivity contribution in [1.29, 1.82) is 0 Å². The SMILES string of the molecule is COCCCNC(=O)c1ccnc(C(=O)NCCCN(C)C)c1. The monoisotopic (exact) mass is 322 g/mol. The van der Waals surface area contributed by atoms with Crippen LogP contribution in [-0.4, -0.2) is 69.1 Å². The highest BCUT2D eigenvalue weighted by molar-refractivity contribution is 5.98. The van der Waals surface area contributed by atoms with Gasteiger partial charge in [-0.05, 0) is 45.6 Å². The van der Waals surface area contributed by atoms with Crippen molar-refractivity contribution in [2.75, 3.05) is 47.4 Å². The molecule has 7 nitrogen and oxygen atoms in total. The quantitative estimate of drug-likeness (QED) is 0.614. The van der Waals surface area contributed by atoms with Gasteiger partial charge in [0.05, 0.1) is 0 Å². The van der Waals surface area contributed by atoms with E-state index in [2.05, 4.69) is 20.5 Å². The summed E-state index contributed by atoms with van der Waals surface area (Å²) in [5.74, 6) is -0.483. The van der Waals surface area contributed by atoms with Gasteiger partial charge in [0.25, 0.3) is 11.8 Å². The Balaban J connectivity index is 2.48. The lowest BCUT2D eigenvalue weighted by Gasteiger charge is -2.10. The first kappa shape index (κ1) is 19.1. The molecule has 128 valence electrons. The molecule has 23 heavy (non-hydrogen) atoms. The Bertz CT molecular complexity index is 506. The fraction of sp³-hybridized carbons (Fsp3) is 0.562. The van der Waals surface area contributed by atoms with E-state index >= 15 is 0 Å². The second-order valence-corrected chi connectivity index (χ2v) is 5.44. The summed E-state index contributed by atoms with van der Waals surface area (Å²) >= 11 is 0. The fourth-order valence-electron chi connectivity index (χ4n) is 1.90. The fourth-order valence-corrected chi connectivity index (χ4v) is 1.90. The molecule has 0 fully saturated rings. The van der Waals surface area contributed by atoms with Crippen LogP contribution in [0.4, 0.5) is 0 Å². The smallest absolute Gasteiger partial charge is 0.269 e. The van der Waals surface area contributed by atoms with Crippen LogP contribution in [0.3, 0.4) is 0 Å². The predicted octanol–water partition coefficient (Wildman–Crippen LogP) is 0.529. The number of pyridine rings is 1. The first-order valence-electron chi connectivity index (χ1n) is 7.70. The van der Waals surface area contributed by atoms with Crippen LogP contribution in [0.15, 0.2) is 18.3 Å². The Hall–Kier alpha value is -1.99. The topological polar surface area (TPSA) is 83.6 Å². The second-order valence-electron chi connectivity index (χ2n) is 5.44. The van der Waals surface area contributed by atoms with Gasteiger partial charge in [0, 0.05) is 38.6 Å². The summed E-state index contributed by atoms with van der Waals surface area (Å²) < 4.78 is 4.92. The van der Waals surface area contributed by atoms with Crippen LogP contribution in [0.25, 0.3) is 0 Å². The molecular formula is C16H26N4O3. The van der Waals surface area contributed by atoms with Crippen LogP contribution in [-0.2, 0) is 4.74 Å². The molecule has 1 heterocycles. The van der Waals surface area contributed by atoms with Crippen LogP contribution in [0.1, 0.15) is 33.7 Å². The summed E-state index contributed by atoms with van der Waals surface area (Å²) in [7, 11) is 5.59. The maximum atomic E-state index is 12.0. The van der Waals surface area contributed by atoms with Gasteiger partial charge in [-0.2, -0.15) is 0 Å². The van der Waals surface area contributed by atoms with Gasteiger partial charge in [-0.25, -0.2) is 0 Å². The molecule has 0 spiro atoms. The zero-order valence-electron chi connectivity index (χ0n) is 14.1. The molecule has 0 bridgehead atoms. The molecule has 1 aromatic heterocycles. The van der Waals surface area contributed by atoms with Crippen molar-refractivity contribution in [1.82, 2.24) is 20.5 Å². The van der Waals surface area contributed by atoms with Gasteiger partial charge in [0.2, 0.25) is 0 Å². The highest BCUT2D eigenvalue weighted by Gasteiger charge is 2.11. The minimum atomic E-state index is -0.266. The number of hydrogen-bond donors (Lipinski definition) is 2. The second kappa shape index (κ2) is 10.7. The molecule has 0 saturated heterocycles. The molecule has 1 aromatic rings. The number of ether oxygens (including phenoxy) is 1. The van der Waals surface area contributed by atoms with Gasteiger partial charge in [-0.1, -0.05) is 0 Å². The van der Waals surface area contributed by atoms with Crippen LogP contribution in [0.2, 0.25) is 0 Å². The van der Waals surface area contributed by atoms with E-state index < -0.39 is 0 Å². The maximum absolute atomic E-state index is 12.0. The minimum Gasteiger partial charge on any atom is -0.385 e. The van der Waals surface area contributed by atoms with Crippen LogP contribution in [0.5, 0.6) is 0 Å². The van der Waals surface area contributed by atoms with Crippen molar-refractivity contribution in [3.8, 4) is 0 Å². The van der Waals surface area contributed by atoms with Crippen LogP contribution < -0.4 is 10.6 Å². The molecule has 2 N–H and O–H groups in total. The highest BCUT2D eigenvalue weighted by Crippen LogP contribution is 2.02. The van der Waals surface area contributed by atoms with E-state index in [0.29, 0.717) is 25.3 Å². The van der Waals surface area contributed by atoms with Crippen LogP contribution >= 0.6 is 0 Å². The molecule has 2 amide bonds. The number of rotatable bonds is 10. The number of carbonyl (C=O) groups is 2. The summed E-state index contributed by atoms with van der Waals surface area (Å²) in [6.07, 6.45) is 3.07. The first-order chi connectivity index (χ1) is 11.0. The minimum absolute atomic E-state index is 0.217. The van der Waals surface area contributed by atoms with E-state index in [9.17, 15) is 9.59 Å². The maximum Gasteiger partial charge on any atom is 0.269 e. The van der Waals surface area contributed by atoms with Crippen molar-refractivity contribution in [3.63, 3.8) is 0 Å². The van der Waals surface area contributed by atoms with Gasteiger partial charge in [0.1, 0.15) is 5.69 Å². The third-order valence-electron chi connectivity index (χ3n) is 3.13. The van der Waals surface area contributed by atoms with E-state index in [4.69, 9.17) is 4.74 Å². The zero-order chi connectivity index (χ0) is 17.1. The number of methoxy groups -OCH3 is 1. The lowest BCUT2D eigenvalue weighted by molar-refractivity contribution is 0.0947. The van der Waals surface area contributed by atoms with Gasteiger partial charge in [-0.3, -0.25) is 14.6 Å². The predicted molar refractivity (Wildman–Crippen MR) is 88.6 cm³/mol. The summed E-state index contributed by atoms with van der Waals surface area (Å²) in [6, 6.07) is 3.10. The van der Waals surface area contributed by atoms with Crippen molar-refractivity contribution < 1.29 is 14.3 Å². The third kappa shape index (κ3) is 7.71. The molecule has 7 heteroatoms. The molecule has 0 radical (unpaired) electrons. The molecule has 0 aromatic carbocycles. The molecular weight excluding hydrogens is 296 g/mol. The number of aromatic nitrogens is 1. The lowest BCUT2D eigenvalue weighted by Crippen LogP contribution is -2.29. The zero-order valence-corrected chi connectivity index (χ0v) is 14.1. The average molecular weight is 322 g/mol. The Morgan fingerprint density at radius 3 is 2.57 bits per heavy atom. The Kier molecular flexibility index (Phi) is 8.86. The van der Waals surface area contributed by atoms with E-state index in [1.165, 1.54) is 12.3 Å². The summed E-state index contributed by atoms with van der Waals surface area (Å²) in [4.78, 5) is 30.1. The van der Waals surface area contributed by atoms with Crippen molar-refractivity contribution in [2.24, 2.45) is 0 Å². The standard InChI is InChI=1S/C16H26N4O3/c1-20(2)10-4-7-19-16(22)14-12-13(6-9-17-14)15(21)18-8-5-11-23-3/h6,9,12H,4-5,7-8,10-11H2,1-3H3,(H,18,21)(H,19,22). The summed E-state index contributed by atoms with van der Waals surface area (Å²) in [5.41, 5.74) is 0.676. The molecule has 0 aliphatic carbocycles. The summed E-state index contributed by atoms with van der Waals surface area (Å²) in [6.45, 7) is 2.60. The number of carbonyl (C=O) groups excluding carboxylic acids is 2. The highest BCUT2D eigenvalue weighted by atomic mass is 16.5. The van der Waals surface area contributed by atoms with E-state index in [-0.39, 0.29) is 17.5 Å². The Labute approximate surface area is 137 Å². The largest absolute Gasteiger partial charge is 0.385 e. The van der Waals surface area contributed by atoms with Gasteiger partial charge < -0.3 is 20.3 Å². The number of amides is 2. The molecule has 0 aliphatic heterocycles. The number of nitrogens with zero attached hydrogens (tertiary/aromatic N) is 2. The number of hydrogen-bond acceptors (Lipinski definition) is 5. The van der Waals surface area contributed by atoms with Gasteiger partial charge in [0.15, 0.2) is 0 Å². The van der Waals surface area contributed by atoms with E-state index in [1.807, 2.05) is 14.1 Å². The summed E-state index contributed by atoms with van der Waals surface area (Å²) in [5, 5.41) is 5.58.